The lowest BCUT2D eigenvalue weighted by Crippen LogP contribution is -2.28. The van der Waals surface area contributed by atoms with Gasteiger partial charge >= 0.3 is 0 Å². The molecule has 1 aromatic carbocycles. The van der Waals surface area contributed by atoms with Gasteiger partial charge in [0.1, 0.15) is 5.82 Å². The van der Waals surface area contributed by atoms with Gasteiger partial charge in [0.25, 0.3) is 0 Å². The minimum Gasteiger partial charge on any atom is -0.341 e. The van der Waals surface area contributed by atoms with Crippen molar-refractivity contribution in [3.63, 3.8) is 0 Å². The summed E-state index contributed by atoms with van der Waals surface area (Å²) < 4.78 is 39.3. The predicted octanol–water partition coefficient (Wildman–Crippen LogP) is 2.85. The van der Waals surface area contributed by atoms with Crippen molar-refractivity contribution in [1.29, 1.82) is 0 Å². The molecule has 3 rings (SSSR count). The van der Waals surface area contributed by atoms with Gasteiger partial charge < -0.3 is 4.90 Å². The van der Waals surface area contributed by atoms with E-state index in [-0.39, 0.29) is 40.5 Å². The van der Waals surface area contributed by atoms with Crippen LogP contribution in [0.4, 0.5) is 4.39 Å². The van der Waals surface area contributed by atoms with Gasteiger partial charge in [0, 0.05) is 35.4 Å². The maximum Gasteiger partial charge on any atom is 0.227 e. The molecular formula is C19H23ClFN3O3S. The summed E-state index contributed by atoms with van der Waals surface area (Å²) in [5.41, 5.74) is 2.66. The summed E-state index contributed by atoms with van der Waals surface area (Å²) in [4.78, 5) is 14.1. The Morgan fingerprint density at radius 1 is 1.36 bits per heavy atom. The molecule has 2 heterocycles. The average Bonchev–Trinajstić information content (AvgIpc) is 3.11. The molecule has 1 aliphatic heterocycles. The molecule has 152 valence electrons. The van der Waals surface area contributed by atoms with Crippen LogP contribution in [0.5, 0.6) is 0 Å². The zero-order chi connectivity index (χ0) is 20.6. The van der Waals surface area contributed by atoms with E-state index >= 15 is 0 Å². The summed E-state index contributed by atoms with van der Waals surface area (Å²) in [5.74, 6) is -0.499. The SMILES string of the molecule is Cc1nn(C2CCS(=O)(=O)C2)c(C)c1CN(C)C(=O)Cc1c(F)cccc1Cl. The Morgan fingerprint density at radius 3 is 2.68 bits per heavy atom. The van der Waals surface area contributed by atoms with Crippen LogP contribution >= 0.6 is 11.6 Å². The first-order chi connectivity index (χ1) is 13.1. The number of halogens is 2. The topological polar surface area (TPSA) is 72.3 Å². The summed E-state index contributed by atoms with van der Waals surface area (Å²) in [7, 11) is -1.37. The minimum atomic E-state index is -3.02. The molecular weight excluding hydrogens is 405 g/mol. The number of hydrogen-bond donors (Lipinski definition) is 0. The van der Waals surface area contributed by atoms with Crippen molar-refractivity contribution in [2.75, 3.05) is 18.6 Å². The van der Waals surface area contributed by atoms with Crippen LogP contribution in [-0.2, 0) is 27.6 Å². The molecule has 0 bridgehead atoms. The third-order valence-electron chi connectivity index (χ3n) is 5.24. The number of carbonyl (C=O) groups excluding carboxylic acids is 1. The van der Waals surface area contributed by atoms with E-state index in [1.165, 1.54) is 17.0 Å². The van der Waals surface area contributed by atoms with Crippen LogP contribution < -0.4 is 0 Å². The lowest BCUT2D eigenvalue weighted by Gasteiger charge is -2.19. The van der Waals surface area contributed by atoms with Crippen molar-refractivity contribution < 1.29 is 17.6 Å². The van der Waals surface area contributed by atoms with Crippen molar-refractivity contribution >= 4 is 27.3 Å². The number of benzene rings is 1. The normalized spacial score (nSPS) is 18.4. The van der Waals surface area contributed by atoms with Crippen LogP contribution in [0, 0.1) is 19.7 Å². The number of carbonyl (C=O) groups is 1. The van der Waals surface area contributed by atoms with Gasteiger partial charge in [0.15, 0.2) is 9.84 Å². The number of likely N-dealkylation sites (N-methyl/N-ethyl adjacent to an activating group) is 1. The number of aryl methyl sites for hydroxylation is 1. The smallest absolute Gasteiger partial charge is 0.227 e. The highest BCUT2D eigenvalue weighted by Crippen LogP contribution is 2.27. The summed E-state index contributed by atoms with van der Waals surface area (Å²) in [6, 6.07) is 4.17. The molecule has 1 aromatic heterocycles. The maximum absolute atomic E-state index is 14.0. The van der Waals surface area contributed by atoms with Gasteiger partial charge in [-0.2, -0.15) is 5.10 Å². The molecule has 0 aliphatic carbocycles. The van der Waals surface area contributed by atoms with Gasteiger partial charge in [-0.3, -0.25) is 9.48 Å². The fourth-order valence-corrected chi connectivity index (χ4v) is 5.48. The largest absolute Gasteiger partial charge is 0.341 e. The third kappa shape index (κ3) is 4.22. The lowest BCUT2D eigenvalue weighted by atomic mass is 10.1. The number of sulfone groups is 1. The molecule has 0 N–H and O–H groups in total. The Hall–Kier alpha value is -1.93. The first-order valence-electron chi connectivity index (χ1n) is 9.01. The fraction of sp³-hybridized carbons (Fsp3) is 0.474. The van der Waals surface area contributed by atoms with Crippen LogP contribution in [0.25, 0.3) is 0 Å². The Bertz CT molecular complexity index is 999. The molecule has 1 aliphatic rings. The summed E-state index contributed by atoms with van der Waals surface area (Å²) in [6.07, 6.45) is 0.416. The van der Waals surface area contributed by atoms with Crippen LogP contribution in [-0.4, -0.2) is 47.6 Å². The second-order valence-corrected chi connectivity index (χ2v) is 9.91. The molecule has 1 amide bonds. The Morgan fingerprint density at radius 2 is 2.07 bits per heavy atom. The summed E-state index contributed by atoms with van der Waals surface area (Å²) in [6.45, 7) is 4.03. The van der Waals surface area contributed by atoms with E-state index in [9.17, 15) is 17.6 Å². The zero-order valence-electron chi connectivity index (χ0n) is 16.1. The second kappa shape index (κ2) is 7.83. The average molecular weight is 428 g/mol. The van der Waals surface area contributed by atoms with Crippen molar-refractivity contribution in [1.82, 2.24) is 14.7 Å². The number of hydrogen-bond acceptors (Lipinski definition) is 4. The molecule has 1 fully saturated rings. The fourth-order valence-electron chi connectivity index (χ4n) is 3.56. The quantitative estimate of drug-likeness (QED) is 0.735. The van der Waals surface area contributed by atoms with Crippen LogP contribution in [0.3, 0.4) is 0 Å². The van der Waals surface area contributed by atoms with E-state index in [1.807, 2.05) is 13.8 Å². The molecule has 1 unspecified atom stereocenters. The highest BCUT2D eigenvalue weighted by atomic mass is 35.5. The molecule has 1 saturated heterocycles. The molecule has 1 atom stereocenters. The van der Waals surface area contributed by atoms with Gasteiger partial charge in [-0.15, -0.1) is 0 Å². The highest BCUT2D eigenvalue weighted by molar-refractivity contribution is 7.91. The van der Waals surface area contributed by atoms with Gasteiger partial charge in [-0.1, -0.05) is 17.7 Å². The lowest BCUT2D eigenvalue weighted by molar-refractivity contribution is -0.129. The van der Waals surface area contributed by atoms with E-state index in [0.717, 1.165) is 17.0 Å². The molecule has 0 spiro atoms. The number of amides is 1. The minimum absolute atomic E-state index is 0.0922. The molecule has 0 radical (unpaired) electrons. The van der Waals surface area contributed by atoms with Gasteiger partial charge in [-0.05, 0) is 32.4 Å². The molecule has 6 nitrogen and oxygen atoms in total. The first kappa shape index (κ1) is 20.8. The van der Waals surface area contributed by atoms with E-state index in [0.29, 0.717) is 13.0 Å². The third-order valence-corrected chi connectivity index (χ3v) is 7.34. The first-order valence-corrected chi connectivity index (χ1v) is 11.2. The van der Waals surface area contributed by atoms with Gasteiger partial charge in [-0.25, -0.2) is 12.8 Å². The zero-order valence-corrected chi connectivity index (χ0v) is 17.6. The van der Waals surface area contributed by atoms with Crippen molar-refractivity contribution in [2.24, 2.45) is 0 Å². The molecule has 28 heavy (non-hydrogen) atoms. The second-order valence-electron chi connectivity index (χ2n) is 7.28. The predicted molar refractivity (Wildman–Crippen MR) is 106 cm³/mol. The van der Waals surface area contributed by atoms with E-state index < -0.39 is 15.7 Å². The van der Waals surface area contributed by atoms with E-state index in [1.54, 1.807) is 17.8 Å². The standard InChI is InChI=1S/C19H23ClFN3O3S/c1-12-16(13(2)24(22-12)14-7-8-28(26,27)11-14)10-23(3)19(25)9-15-17(20)5-4-6-18(15)21/h4-6,14H,7-11H2,1-3H3. The Balaban J connectivity index is 1.75. The highest BCUT2D eigenvalue weighted by Gasteiger charge is 2.31. The molecule has 9 heteroatoms. The van der Waals surface area contributed by atoms with Crippen LogP contribution in [0.2, 0.25) is 5.02 Å². The summed E-state index contributed by atoms with van der Waals surface area (Å²) in [5, 5.41) is 4.74. The molecule has 0 saturated carbocycles. The number of aromatic nitrogens is 2. The number of nitrogens with zero attached hydrogens (tertiary/aromatic N) is 3. The Kier molecular flexibility index (Phi) is 5.82. The van der Waals surface area contributed by atoms with Crippen molar-refractivity contribution in [3.05, 3.63) is 51.6 Å². The molecule has 2 aromatic rings. The monoisotopic (exact) mass is 427 g/mol. The van der Waals surface area contributed by atoms with Gasteiger partial charge in [0.05, 0.1) is 29.7 Å². The van der Waals surface area contributed by atoms with Crippen molar-refractivity contribution in [2.45, 2.75) is 39.3 Å². The van der Waals surface area contributed by atoms with E-state index in [2.05, 4.69) is 5.10 Å². The van der Waals surface area contributed by atoms with Crippen LogP contribution in [0.1, 0.15) is 35.0 Å². The van der Waals surface area contributed by atoms with Gasteiger partial charge in [0.2, 0.25) is 5.91 Å². The van der Waals surface area contributed by atoms with Crippen molar-refractivity contribution in [3.8, 4) is 0 Å². The maximum atomic E-state index is 14.0. The Labute approximate surface area is 169 Å². The van der Waals surface area contributed by atoms with Crippen LogP contribution in [0.15, 0.2) is 18.2 Å². The van der Waals surface area contributed by atoms with E-state index in [4.69, 9.17) is 11.6 Å². The summed E-state index contributed by atoms with van der Waals surface area (Å²) >= 11 is 6.01. The number of rotatable bonds is 5.